The molecule has 6 heteroatoms. The fourth-order valence-corrected chi connectivity index (χ4v) is 5.17. The molecule has 7 aromatic rings. The van der Waals surface area contributed by atoms with Gasteiger partial charge in [0.15, 0.2) is 0 Å². The standard InChI is InChI=1S/C20H13N2OS.C12H10N.Ir/c1-11-6-7-15-14-4-3-5-16(19(14)23-20(15)22-11)17-9-13-8-12(2)24-18(13)10-21-17;1-10-7-8-12(13-9-10)11-5-3-2-4-6-11;/h3-4,6-10H,1-2H3;2-5,7-9H,1H3;/q2*-1;. The molecule has 0 aliphatic carbocycles. The molecule has 38 heavy (non-hydrogen) atoms. The summed E-state index contributed by atoms with van der Waals surface area (Å²) in [7, 11) is 0. The van der Waals surface area contributed by atoms with E-state index < -0.39 is 0 Å². The maximum Gasteiger partial charge on any atom is 0.216 e. The van der Waals surface area contributed by atoms with Gasteiger partial charge in [-0.3, -0.25) is 0 Å². The predicted molar refractivity (Wildman–Crippen MR) is 152 cm³/mol. The molecule has 0 saturated carbocycles. The second-order valence-electron chi connectivity index (χ2n) is 8.96. The van der Waals surface area contributed by atoms with E-state index in [0.29, 0.717) is 5.71 Å². The summed E-state index contributed by atoms with van der Waals surface area (Å²) in [4.78, 5) is 14.7. The molecule has 0 saturated heterocycles. The fourth-order valence-electron chi connectivity index (χ4n) is 4.30. The van der Waals surface area contributed by atoms with E-state index in [1.54, 1.807) is 11.3 Å². The number of furan rings is 1. The van der Waals surface area contributed by atoms with Crippen LogP contribution < -0.4 is 0 Å². The van der Waals surface area contributed by atoms with Crippen LogP contribution in [-0.4, -0.2) is 15.0 Å². The van der Waals surface area contributed by atoms with Crippen molar-refractivity contribution >= 4 is 43.5 Å². The zero-order valence-electron chi connectivity index (χ0n) is 21.1. The van der Waals surface area contributed by atoms with E-state index in [4.69, 9.17) is 4.42 Å². The van der Waals surface area contributed by atoms with Gasteiger partial charge in [0.2, 0.25) is 5.71 Å². The van der Waals surface area contributed by atoms with Crippen LogP contribution in [0.5, 0.6) is 0 Å². The summed E-state index contributed by atoms with van der Waals surface area (Å²) >= 11 is 1.76. The molecule has 1 radical (unpaired) electrons. The van der Waals surface area contributed by atoms with Gasteiger partial charge < -0.3 is 14.4 Å². The number of fused-ring (bicyclic) bond motifs is 4. The number of aromatic nitrogens is 3. The molecule has 0 fully saturated rings. The van der Waals surface area contributed by atoms with Crippen molar-refractivity contribution in [1.29, 1.82) is 0 Å². The molecular formula is C32H23IrN3OS-2. The summed E-state index contributed by atoms with van der Waals surface area (Å²) in [5.41, 5.74) is 7.37. The Morgan fingerprint density at radius 1 is 0.789 bits per heavy atom. The van der Waals surface area contributed by atoms with Crippen molar-refractivity contribution in [1.82, 2.24) is 15.0 Å². The van der Waals surface area contributed by atoms with Gasteiger partial charge >= 0.3 is 0 Å². The second kappa shape index (κ2) is 11.0. The van der Waals surface area contributed by atoms with Crippen LogP contribution in [0.3, 0.4) is 0 Å². The topological polar surface area (TPSA) is 51.8 Å². The Labute approximate surface area is 238 Å². The minimum Gasteiger partial charge on any atom is -0.486 e. The SMILES string of the molecule is Cc1ccc(-c2[c-]cccc2)nc1.Cc1ccc2c(n1)oc1c(-c3cc4cc(C)sc4cn3)[c-]ccc12.[Ir]. The quantitative estimate of drug-likeness (QED) is 0.171. The number of aryl methyl sites for hydroxylation is 3. The first kappa shape index (κ1) is 25.9. The summed E-state index contributed by atoms with van der Waals surface area (Å²) in [6, 6.07) is 30.7. The van der Waals surface area contributed by atoms with Crippen LogP contribution in [0.4, 0.5) is 0 Å². The molecule has 0 N–H and O–H groups in total. The monoisotopic (exact) mass is 690 g/mol. The first-order valence-electron chi connectivity index (χ1n) is 12.0. The molecule has 0 amide bonds. The van der Waals surface area contributed by atoms with Crippen molar-refractivity contribution < 1.29 is 24.5 Å². The van der Waals surface area contributed by atoms with Crippen molar-refractivity contribution in [2.45, 2.75) is 20.8 Å². The van der Waals surface area contributed by atoms with Crippen LogP contribution in [0.15, 0.2) is 89.6 Å². The Bertz CT molecular complexity index is 1860. The molecular weight excluding hydrogens is 667 g/mol. The molecule has 0 spiro atoms. The third kappa shape index (κ3) is 5.16. The van der Waals surface area contributed by atoms with E-state index in [9.17, 15) is 0 Å². The Kier molecular flexibility index (Phi) is 7.48. The number of rotatable bonds is 2. The molecule has 5 aromatic heterocycles. The number of hydrogen-bond acceptors (Lipinski definition) is 5. The molecule has 4 nitrogen and oxygen atoms in total. The molecule has 2 aromatic carbocycles. The second-order valence-corrected chi connectivity index (χ2v) is 10.3. The predicted octanol–water partition coefficient (Wildman–Crippen LogP) is 8.53. The third-order valence-corrected chi connectivity index (χ3v) is 7.12. The van der Waals surface area contributed by atoms with E-state index in [1.165, 1.54) is 20.5 Å². The molecule has 0 aliphatic rings. The average Bonchev–Trinajstić information content (AvgIpc) is 3.48. The fraction of sp³-hybridized carbons (Fsp3) is 0.0938. The maximum absolute atomic E-state index is 6.06. The summed E-state index contributed by atoms with van der Waals surface area (Å²) < 4.78 is 7.26. The van der Waals surface area contributed by atoms with E-state index in [0.717, 1.165) is 44.6 Å². The van der Waals surface area contributed by atoms with Gasteiger partial charge in [0.1, 0.15) is 0 Å². The Balaban J connectivity index is 0.000000179. The molecule has 0 atom stereocenters. The average molecular weight is 690 g/mol. The van der Waals surface area contributed by atoms with Crippen molar-refractivity contribution in [3.05, 3.63) is 113 Å². The van der Waals surface area contributed by atoms with Crippen molar-refractivity contribution in [2.24, 2.45) is 0 Å². The van der Waals surface area contributed by atoms with Gasteiger partial charge in [-0.1, -0.05) is 29.1 Å². The smallest absolute Gasteiger partial charge is 0.216 e. The number of nitrogens with zero attached hydrogens (tertiary/aromatic N) is 3. The van der Waals surface area contributed by atoms with Crippen LogP contribution in [0.1, 0.15) is 16.1 Å². The Morgan fingerprint density at radius 3 is 2.45 bits per heavy atom. The van der Waals surface area contributed by atoms with E-state index >= 15 is 0 Å². The molecule has 189 valence electrons. The van der Waals surface area contributed by atoms with E-state index in [-0.39, 0.29) is 20.1 Å². The molecule has 5 heterocycles. The summed E-state index contributed by atoms with van der Waals surface area (Å²) in [5.74, 6) is 0. The Hall–Kier alpha value is -3.70. The van der Waals surface area contributed by atoms with E-state index in [2.05, 4.69) is 58.3 Å². The van der Waals surface area contributed by atoms with Crippen LogP contribution >= 0.6 is 11.3 Å². The van der Waals surface area contributed by atoms with Gasteiger partial charge in [-0.25, -0.2) is 4.98 Å². The van der Waals surface area contributed by atoms with Gasteiger partial charge in [-0.15, -0.1) is 65.4 Å². The molecule has 0 bridgehead atoms. The first-order chi connectivity index (χ1) is 18.0. The van der Waals surface area contributed by atoms with Gasteiger partial charge in [0, 0.05) is 48.5 Å². The van der Waals surface area contributed by atoms with Crippen molar-refractivity contribution in [3.8, 4) is 22.5 Å². The van der Waals surface area contributed by atoms with Crippen LogP contribution in [-0.2, 0) is 20.1 Å². The largest absolute Gasteiger partial charge is 0.486 e. The van der Waals surface area contributed by atoms with Gasteiger partial charge in [0.05, 0.1) is 10.3 Å². The van der Waals surface area contributed by atoms with Crippen molar-refractivity contribution in [3.63, 3.8) is 0 Å². The normalized spacial score (nSPS) is 10.8. The number of hydrogen-bond donors (Lipinski definition) is 0. The number of pyridine rings is 3. The Morgan fingerprint density at radius 2 is 1.66 bits per heavy atom. The van der Waals surface area contributed by atoms with Gasteiger partial charge in [-0.2, -0.15) is 0 Å². The minimum atomic E-state index is 0. The van der Waals surface area contributed by atoms with Crippen molar-refractivity contribution in [2.75, 3.05) is 0 Å². The molecule has 0 unspecified atom stereocenters. The van der Waals surface area contributed by atoms with Crippen LogP contribution in [0.25, 0.3) is 54.7 Å². The van der Waals surface area contributed by atoms with Crippen LogP contribution in [0, 0.1) is 32.9 Å². The summed E-state index contributed by atoms with van der Waals surface area (Å²) in [6.07, 6.45) is 3.80. The van der Waals surface area contributed by atoms with Crippen LogP contribution in [0.2, 0.25) is 0 Å². The zero-order chi connectivity index (χ0) is 25.4. The summed E-state index contributed by atoms with van der Waals surface area (Å²) in [5, 5.41) is 3.28. The first-order valence-corrected chi connectivity index (χ1v) is 12.8. The van der Waals surface area contributed by atoms with Gasteiger partial charge in [-0.05, 0) is 61.3 Å². The van der Waals surface area contributed by atoms with Gasteiger partial charge in [0.25, 0.3) is 0 Å². The molecule has 0 aliphatic heterocycles. The minimum absolute atomic E-state index is 0. The number of thiophene rings is 1. The molecule has 7 rings (SSSR count). The third-order valence-electron chi connectivity index (χ3n) is 6.12. The van der Waals surface area contributed by atoms with E-state index in [1.807, 2.05) is 74.8 Å². The summed E-state index contributed by atoms with van der Waals surface area (Å²) in [6.45, 7) is 6.12. The maximum atomic E-state index is 6.06. The number of benzene rings is 2. The zero-order valence-corrected chi connectivity index (χ0v) is 24.3.